The second kappa shape index (κ2) is 5.43. The number of fused-ring (bicyclic) bond motifs is 2. The smallest absolute Gasteiger partial charge is 0.229 e. The van der Waals surface area contributed by atoms with Crippen molar-refractivity contribution in [2.75, 3.05) is 12.0 Å². The molecule has 4 heterocycles. The van der Waals surface area contributed by atoms with Crippen molar-refractivity contribution in [3.63, 3.8) is 0 Å². The number of anilines is 1. The van der Waals surface area contributed by atoms with Crippen molar-refractivity contribution in [1.29, 1.82) is 0 Å². The molecule has 2 aliphatic heterocycles. The molecule has 116 valence electrons. The van der Waals surface area contributed by atoms with Crippen LogP contribution in [-0.4, -0.2) is 38.9 Å². The highest BCUT2D eigenvalue weighted by atomic mass is 35.5. The van der Waals surface area contributed by atoms with E-state index in [1.165, 1.54) is 12.8 Å². The predicted octanol–water partition coefficient (Wildman–Crippen LogP) is 2.71. The number of methoxy groups -OCH3 is 1. The second-order valence-electron chi connectivity index (χ2n) is 5.96. The molecule has 7 heteroatoms. The molecule has 2 aromatic rings. The van der Waals surface area contributed by atoms with Crippen LogP contribution in [0.1, 0.15) is 31.7 Å². The lowest BCUT2D eigenvalue weighted by molar-refractivity contribution is 0.311. The van der Waals surface area contributed by atoms with Crippen molar-refractivity contribution in [2.24, 2.45) is 0 Å². The molecule has 0 aromatic carbocycles. The Labute approximate surface area is 134 Å². The molecule has 0 spiro atoms. The molecule has 2 aliphatic rings. The Morgan fingerprint density at radius 2 is 2.00 bits per heavy atom. The lowest BCUT2D eigenvalue weighted by Crippen LogP contribution is -2.44. The minimum atomic E-state index is 0.409. The van der Waals surface area contributed by atoms with E-state index in [-0.39, 0.29) is 0 Å². The molecule has 0 N–H and O–H groups in total. The summed E-state index contributed by atoms with van der Waals surface area (Å²) < 4.78 is 7.23. The summed E-state index contributed by atoms with van der Waals surface area (Å²) >= 11 is 6.00. The van der Waals surface area contributed by atoms with Crippen LogP contribution in [0.4, 0.5) is 5.95 Å². The fraction of sp³-hybridized carbons (Fsp3) is 0.533. The number of halogens is 1. The van der Waals surface area contributed by atoms with Crippen molar-refractivity contribution >= 4 is 17.5 Å². The van der Waals surface area contributed by atoms with Gasteiger partial charge in [0.25, 0.3) is 0 Å². The summed E-state index contributed by atoms with van der Waals surface area (Å²) in [6, 6.07) is 3.11. The molecule has 0 saturated carbocycles. The third-order valence-electron chi connectivity index (χ3n) is 4.71. The quantitative estimate of drug-likeness (QED) is 0.870. The first kappa shape index (κ1) is 13.8. The summed E-state index contributed by atoms with van der Waals surface area (Å²) in [5.74, 6) is 1.40. The summed E-state index contributed by atoms with van der Waals surface area (Å²) in [6.45, 7) is 0. The molecular formula is C15H18ClN5O. The van der Waals surface area contributed by atoms with E-state index in [9.17, 15) is 0 Å². The van der Waals surface area contributed by atoms with Crippen LogP contribution in [0.15, 0.2) is 24.7 Å². The van der Waals surface area contributed by atoms with Crippen LogP contribution in [0.5, 0.6) is 5.88 Å². The molecule has 2 fully saturated rings. The summed E-state index contributed by atoms with van der Waals surface area (Å²) in [5.41, 5.74) is 0. The van der Waals surface area contributed by atoms with Crippen molar-refractivity contribution in [1.82, 2.24) is 19.7 Å². The van der Waals surface area contributed by atoms with Crippen LogP contribution in [-0.2, 0) is 0 Å². The van der Waals surface area contributed by atoms with Crippen LogP contribution < -0.4 is 9.64 Å². The Balaban J connectivity index is 1.58. The Hall–Kier alpha value is -1.82. The average Bonchev–Trinajstić information content (AvgIpc) is 3.08. The van der Waals surface area contributed by atoms with Gasteiger partial charge >= 0.3 is 0 Å². The summed E-state index contributed by atoms with van der Waals surface area (Å²) in [5, 5.41) is 5.08. The van der Waals surface area contributed by atoms with Crippen LogP contribution in [0.25, 0.3) is 0 Å². The van der Waals surface area contributed by atoms with Gasteiger partial charge in [-0.1, -0.05) is 11.6 Å². The van der Waals surface area contributed by atoms with Gasteiger partial charge in [-0.2, -0.15) is 10.1 Å². The van der Waals surface area contributed by atoms with Crippen molar-refractivity contribution in [3.05, 3.63) is 29.7 Å². The molecule has 0 aliphatic carbocycles. The maximum Gasteiger partial charge on any atom is 0.229 e. The number of aromatic nitrogens is 4. The highest BCUT2D eigenvalue weighted by Crippen LogP contribution is 2.42. The number of nitrogens with zero attached hydrogens (tertiary/aromatic N) is 5. The zero-order valence-electron chi connectivity index (χ0n) is 12.4. The van der Waals surface area contributed by atoms with Gasteiger partial charge in [0, 0.05) is 30.5 Å². The highest BCUT2D eigenvalue weighted by Gasteiger charge is 2.42. The molecule has 2 aromatic heterocycles. The number of rotatable bonds is 3. The topological polar surface area (TPSA) is 56.1 Å². The van der Waals surface area contributed by atoms with Gasteiger partial charge in [0.15, 0.2) is 0 Å². The van der Waals surface area contributed by atoms with Crippen LogP contribution in [0.2, 0.25) is 5.02 Å². The third-order valence-corrected chi connectivity index (χ3v) is 4.90. The fourth-order valence-electron chi connectivity index (χ4n) is 3.78. The van der Waals surface area contributed by atoms with Crippen molar-refractivity contribution in [3.8, 4) is 5.88 Å². The molecule has 2 saturated heterocycles. The largest absolute Gasteiger partial charge is 0.481 e. The first-order valence-electron chi connectivity index (χ1n) is 7.59. The predicted molar refractivity (Wildman–Crippen MR) is 83.4 cm³/mol. The minimum absolute atomic E-state index is 0.409. The van der Waals surface area contributed by atoms with Gasteiger partial charge in [0.05, 0.1) is 24.4 Å². The van der Waals surface area contributed by atoms with Gasteiger partial charge < -0.3 is 9.64 Å². The lowest BCUT2D eigenvalue weighted by atomic mass is 9.98. The molecule has 6 nitrogen and oxygen atoms in total. The van der Waals surface area contributed by atoms with E-state index in [2.05, 4.69) is 20.0 Å². The molecule has 22 heavy (non-hydrogen) atoms. The van der Waals surface area contributed by atoms with E-state index in [0.717, 1.165) is 18.8 Å². The number of hydrogen-bond acceptors (Lipinski definition) is 5. The monoisotopic (exact) mass is 319 g/mol. The second-order valence-corrected chi connectivity index (χ2v) is 6.39. The number of hydrogen-bond donors (Lipinski definition) is 0. The maximum absolute atomic E-state index is 6.00. The van der Waals surface area contributed by atoms with E-state index in [0.29, 0.717) is 29.0 Å². The van der Waals surface area contributed by atoms with Gasteiger partial charge in [-0.3, -0.25) is 4.68 Å². The Bertz CT molecular complexity index is 661. The highest BCUT2D eigenvalue weighted by molar-refractivity contribution is 6.30. The molecule has 2 unspecified atom stereocenters. The van der Waals surface area contributed by atoms with E-state index in [4.69, 9.17) is 16.3 Å². The fourth-order valence-corrected chi connectivity index (χ4v) is 3.92. The van der Waals surface area contributed by atoms with E-state index in [1.54, 1.807) is 25.6 Å². The Morgan fingerprint density at radius 3 is 2.64 bits per heavy atom. The Morgan fingerprint density at radius 1 is 1.23 bits per heavy atom. The van der Waals surface area contributed by atoms with Crippen molar-refractivity contribution in [2.45, 2.75) is 43.8 Å². The molecule has 2 atom stereocenters. The summed E-state index contributed by atoms with van der Waals surface area (Å²) in [4.78, 5) is 11.3. The zero-order chi connectivity index (χ0) is 15.1. The first-order valence-corrected chi connectivity index (χ1v) is 7.97. The molecule has 0 radical (unpaired) electrons. The number of piperidine rings is 1. The van der Waals surface area contributed by atoms with Crippen LogP contribution in [0, 0.1) is 0 Å². The number of ether oxygens (including phenoxy) is 1. The molecule has 0 amide bonds. The summed E-state index contributed by atoms with van der Waals surface area (Å²) in [7, 11) is 1.63. The minimum Gasteiger partial charge on any atom is -0.481 e. The molecule has 2 bridgehead atoms. The third kappa shape index (κ3) is 2.31. The maximum atomic E-state index is 6.00. The molecular weight excluding hydrogens is 302 g/mol. The molecule has 4 rings (SSSR count). The van der Waals surface area contributed by atoms with E-state index < -0.39 is 0 Å². The van der Waals surface area contributed by atoms with Gasteiger partial charge in [0.2, 0.25) is 11.8 Å². The SMILES string of the molecule is COc1ccnc(N2C3CCC2CC(n2cc(Cl)cn2)C3)n1. The average molecular weight is 320 g/mol. The van der Waals surface area contributed by atoms with Gasteiger partial charge in [-0.05, 0) is 25.7 Å². The van der Waals surface area contributed by atoms with Gasteiger partial charge in [-0.25, -0.2) is 4.98 Å². The Kier molecular flexibility index (Phi) is 3.41. The van der Waals surface area contributed by atoms with E-state index in [1.807, 2.05) is 10.9 Å². The van der Waals surface area contributed by atoms with Crippen molar-refractivity contribution < 1.29 is 4.74 Å². The standard InChI is InChI=1S/C15H18ClN5O/c1-22-14-4-5-17-15(19-14)21-11-2-3-12(21)7-13(6-11)20-9-10(16)8-18-20/h4-5,8-9,11-13H,2-3,6-7H2,1H3. The van der Waals surface area contributed by atoms with Gasteiger partial charge in [0.1, 0.15) is 0 Å². The lowest BCUT2D eigenvalue weighted by Gasteiger charge is -2.39. The van der Waals surface area contributed by atoms with Crippen LogP contribution >= 0.6 is 11.6 Å². The normalized spacial score (nSPS) is 27.2. The first-order chi connectivity index (χ1) is 10.7. The van der Waals surface area contributed by atoms with E-state index >= 15 is 0 Å². The van der Waals surface area contributed by atoms with Gasteiger partial charge in [-0.15, -0.1) is 0 Å². The summed E-state index contributed by atoms with van der Waals surface area (Å²) in [6.07, 6.45) is 9.85. The zero-order valence-corrected chi connectivity index (χ0v) is 13.1. The van der Waals surface area contributed by atoms with Crippen LogP contribution in [0.3, 0.4) is 0 Å².